The summed E-state index contributed by atoms with van der Waals surface area (Å²) in [7, 11) is 0. The van der Waals surface area contributed by atoms with Crippen molar-refractivity contribution in [2.75, 3.05) is 16.5 Å². The molecule has 0 aliphatic rings. The van der Waals surface area contributed by atoms with E-state index >= 15 is 0 Å². The molecule has 0 radical (unpaired) electrons. The van der Waals surface area contributed by atoms with Crippen LogP contribution in [0.1, 0.15) is 39.0 Å². The van der Waals surface area contributed by atoms with Gasteiger partial charge in [0.15, 0.2) is 0 Å². The summed E-state index contributed by atoms with van der Waals surface area (Å²) in [4.78, 5) is 11.6. The van der Waals surface area contributed by atoms with Gasteiger partial charge in [-0.2, -0.15) is 0 Å². The molecule has 120 valence electrons. The molecule has 5 nitrogen and oxygen atoms in total. The second-order valence-corrected chi connectivity index (χ2v) is 8.63. The fraction of sp³-hybridized carbons (Fsp3) is 0.533. The van der Waals surface area contributed by atoms with Gasteiger partial charge in [0.25, 0.3) is 0 Å². The van der Waals surface area contributed by atoms with Crippen LogP contribution < -0.4 is 14.0 Å². The van der Waals surface area contributed by atoms with E-state index in [-0.39, 0.29) is 8.53 Å². The normalized spacial score (nSPS) is 11.1. The van der Waals surface area contributed by atoms with E-state index in [9.17, 15) is 4.79 Å². The molecule has 4 N–H and O–H groups in total. The van der Waals surface area contributed by atoms with Crippen molar-refractivity contribution in [2.24, 2.45) is 3.95 Å². The summed E-state index contributed by atoms with van der Waals surface area (Å²) in [6, 6.07) is 7.22. The molecule has 1 amide bonds. The Labute approximate surface area is 134 Å². The van der Waals surface area contributed by atoms with E-state index in [0.717, 1.165) is 18.8 Å². The number of amides is 1. The summed E-state index contributed by atoms with van der Waals surface area (Å²) >= 11 is -2.38. The second kappa shape index (κ2) is 10.8. The van der Waals surface area contributed by atoms with E-state index in [1.807, 2.05) is 12.1 Å². The molecule has 0 fully saturated rings. The van der Waals surface area contributed by atoms with Crippen molar-refractivity contribution in [3.8, 4) is 5.75 Å². The van der Waals surface area contributed by atoms with Crippen LogP contribution in [0.5, 0.6) is 5.75 Å². The minimum atomic E-state index is -2.38. The Hall–Kier alpha value is -0.860. The van der Waals surface area contributed by atoms with Crippen molar-refractivity contribution >= 4 is 29.7 Å². The van der Waals surface area contributed by atoms with Gasteiger partial charge in [0.2, 0.25) is 0 Å². The molecule has 0 aliphatic heterocycles. The molecular formula is C15H25IN2O3. The standard InChI is InChI=1S/C15H25IN2O3/c1-2-3-4-5-6-11-21-14-9-7-13(8-10-14)18-15(20)16(17)12-19/h7-10,19H,2-6,11-12,17H2,1H3,(H,18,20). The van der Waals surface area contributed by atoms with Gasteiger partial charge in [0, 0.05) is 0 Å². The zero-order valence-electron chi connectivity index (χ0n) is 12.5. The van der Waals surface area contributed by atoms with Gasteiger partial charge >= 0.3 is 121 Å². The molecule has 6 heteroatoms. The molecule has 1 aromatic carbocycles. The number of nitrogens with one attached hydrogen (secondary N) is 1. The maximum atomic E-state index is 11.6. The number of benzene rings is 1. The molecule has 1 aromatic rings. The Kier molecular flexibility index (Phi) is 9.36. The van der Waals surface area contributed by atoms with Crippen LogP contribution in [0.25, 0.3) is 0 Å². The summed E-state index contributed by atoms with van der Waals surface area (Å²) in [6.45, 7) is 2.92. The zero-order chi connectivity index (χ0) is 15.5. The number of aliphatic hydroxyl groups is 1. The average Bonchev–Trinajstić information content (AvgIpc) is 2.51. The van der Waals surface area contributed by atoms with Gasteiger partial charge < -0.3 is 0 Å². The zero-order valence-corrected chi connectivity index (χ0v) is 14.6. The number of unbranched alkanes of at least 4 members (excludes halogenated alkanes) is 4. The first kappa shape index (κ1) is 18.2. The Morgan fingerprint density at radius 3 is 2.52 bits per heavy atom. The number of rotatable bonds is 10. The Balaban J connectivity index is 2.28. The summed E-state index contributed by atoms with van der Waals surface area (Å²) in [5.41, 5.74) is 0.677. The molecule has 1 rings (SSSR count). The van der Waals surface area contributed by atoms with E-state index in [1.165, 1.54) is 25.7 Å². The predicted octanol–water partition coefficient (Wildman–Crippen LogP) is 3.90. The number of nitrogens with two attached hydrogens (primary N) is 1. The van der Waals surface area contributed by atoms with E-state index in [4.69, 9.17) is 13.8 Å². The van der Waals surface area contributed by atoms with Crippen LogP contribution in [0.2, 0.25) is 0 Å². The van der Waals surface area contributed by atoms with E-state index in [2.05, 4.69) is 12.2 Å². The van der Waals surface area contributed by atoms with Gasteiger partial charge in [-0.15, -0.1) is 0 Å². The third-order valence-corrected chi connectivity index (χ3v) is 5.23. The number of aliphatic hydroxyl groups excluding tert-OH is 1. The quantitative estimate of drug-likeness (QED) is 0.137. The molecule has 0 unspecified atom stereocenters. The van der Waals surface area contributed by atoms with E-state index in [1.54, 1.807) is 12.1 Å². The van der Waals surface area contributed by atoms with Gasteiger partial charge in [0.1, 0.15) is 0 Å². The van der Waals surface area contributed by atoms with Crippen molar-refractivity contribution in [3.63, 3.8) is 0 Å². The van der Waals surface area contributed by atoms with Crippen molar-refractivity contribution < 1.29 is 14.6 Å². The number of ether oxygens (including phenoxy) is 1. The summed E-state index contributed by atoms with van der Waals surface area (Å²) in [6.07, 6.45) is 6.06. The summed E-state index contributed by atoms with van der Waals surface area (Å²) < 4.78 is 10.8. The predicted molar refractivity (Wildman–Crippen MR) is 95.0 cm³/mol. The van der Waals surface area contributed by atoms with Crippen molar-refractivity contribution in [1.29, 1.82) is 0 Å². The average molecular weight is 408 g/mol. The molecular weight excluding hydrogens is 383 g/mol. The number of hydrogen-bond acceptors (Lipinski definition) is 4. The number of alkyl halides is 1. The molecule has 0 saturated heterocycles. The third kappa shape index (κ3) is 7.63. The van der Waals surface area contributed by atoms with Gasteiger partial charge in [-0.3, -0.25) is 0 Å². The topological polar surface area (TPSA) is 84.6 Å². The first-order chi connectivity index (χ1) is 10.2. The van der Waals surface area contributed by atoms with Crippen LogP contribution in [-0.4, -0.2) is 20.2 Å². The summed E-state index contributed by atoms with van der Waals surface area (Å²) in [5.74, 6) is 0.800. The van der Waals surface area contributed by atoms with Crippen LogP contribution in [0.3, 0.4) is 0 Å². The van der Waals surface area contributed by atoms with Crippen LogP contribution in [0, 0.1) is 0 Å². The van der Waals surface area contributed by atoms with Crippen LogP contribution in [-0.2, 0) is 0 Å². The minimum absolute atomic E-state index is 0.213. The van der Waals surface area contributed by atoms with Gasteiger partial charge in [-0.05, 0) is 0 Å². The molecule has 0 aromatic heterocycles. The van der Waals surface area contributed by atoms with Crippen LogP contribution >= 0.6 is 20.1 Å². The Morgan fingerprint density at radius 2 is 1.90 bits per heavy atom. The Bertz CT molecular complexity index is 412. The Morgan fingerprint density at radius 1 is 1.24 bits per heavy atom. The summed E-state index contributed by atoms with van der Waals surface area (Å²) in [5, 5.41) is 11.6. The second-order valence-electron chi connectivity index (χ2n) is 4.70. The third-order valence-electron chi connectivity index (χ3n) is 2.96. The molecule has 0 aliphatic carbocycles. The monoisotopic (exact) mass is 408 g/mol. The van der Waals surface area contributed by atoms with Crippen molar-refractivity contribution in [3.05, 3.63) is 24.3 Å². The fourth-order valence-corrected chi connectivity index (χ4v) is 2.73. The molecule has 21 heavy (non-hydrogen) atoms. The van der Waals surface area contributed by atoms with Gasteiger partial charge in [0.05, 0.1) is 0 Å². The molecule has 0 heterocycles. The first-order valence-corrected chi connectivity index (χ1v) is 11.1. The molecule has 0 atom stereocenters. The van der Waals surface area contributed by atoms with Crippen molar-refractivity contribution in [1.82, 2.24) is 0 Å². The maximum absolute atomic E-state index is 11.6. The SMILES string of the molecule is CCCCCCCOc1ccc(NC(=O)I(N)CO)cc1. The number of carbonyl (C=O) groups excluding carboxylic acids is 1. The fourth-order valence-electron chi connectivity index (χ4n) is 1.76. The molecule has 0 saturated carbocycles. The molecule has 0 bridgehead atoms. The van der Waals surface area contributed by atoms with Gasteiger partial charge in [-0.25, -0.2) is 0 Å². The number of halogens is 1. The van der Waals surface area contributed by atoms with Gasteiger partial charge in [-0.1, -0.05) is 13.3 Å². The van der Waals surface area contributed by atoms with Crippen LogP contribution in [0.15, 0.2) is 24.3 Å². The number of anilines is 1. The van der Waals surface area contributed by atoms with Crippen LogP contribution in [0.4, 0.5) is 10.5 Å². The van der Waals surface area contributed by atoms with E-state index in [0.29, 0.717) is 5.69 Å². The number of hydrogen-bond donors (Lipinski definition) is 3. The first-order valence-electron chi connectivity index (χ1n) is 7.22. The molecule has 0 spiro atoms. The van der Waals surface area contributed by atoms with E-state index < -0.39 is 20.1 Å². The van der Waals surface area contributed by atoms with Crippen molar-refractivity contribution in [2.45, 2.75) is 39.0 Å². The number of carbonyl (C=O) groups is 1.